The van der Waals surface area contributed by atoms with Crippen molar-refractivity contribution in [1.82, 2.24) is 5.43 Å². The van der Waals surface area contributed by atoms with Gasteiger partial charge in [0.05, 0.1) is 0 Å². The second-order valence-electron chi connectivity index (χ2n) is 2.89. The smallest absolute Gasteiger partial charge is 0.275 e. The Bertz CT molecular complexity index is 489. The zero-order valence-corrected chi connectivity index (χ0v) is 8.14. The zero-order valence-electron chi connectivity index (χ0n) is 8.14. The summed E-state index contributed by atoms with van der Waals surface area (Å²) in [6, 6.07) is 5.57. The highest BCUT2D eigenvalue weighted by atomic mass is 16.3. The minimum absolute atomic E-state index is 0.201. The molecule has 0 aliphatic rings. The van der Waals surface area contributed by atoms with Crippen molar-refractivity contribution in [3.63, 3.8) is 0 Å². The molecule has 6 nitrogen and oxygen atoms in total. The van der Waals surface area contributed by atoms with Crippen molar-refractivity contribution in [2.75, 3.05) is 0 Å². The molecule has 0 bridgehead atoms. The van der Waals surface area contributed by atoms with E-state index in [4.69, 9.17) is 16.2 Å². The number of rotatable bonds is 2. The highest BCUT2D eigenvalue weighted by Gasteiger charge is 2.07. The molecule has 16 heavy (non-hydrogen) atoms. The van der Waals surface area contributed by atoms with Crippen molar-refractivity contribution in [2.24, 2.45) is 5.84 Å². The zero-order chi connectivity index (χ0) is 12.1. The van der Waals surface area contributed by atoms with Crippen LogP contribution in [-0.2, 0) is 4.79 Å². The van der Waals surface area contributed by atoms with Crippen molar-refractivity contribution >= 4 is 12.0 Å². The summed E-state index contributed by atoms with van der Waals surface area (Å²) >= 11 is 0. The lowest BCUT2D eigenvalue weighted by molar-refractivity contribution is -0.117. The Balaban J connectivity index is 3.10. The van der Waals surface area contributed by atoms with E-state index in [1.165, 1.54) is 24.3 Å². The van der Waals surface area contributed by atoms with Gasteiger partial charge < -0.3 is 10.2 Å². The van der Waals surface area contributed by atoms with Crippen LogP contribution in [0.2, 0.25) is 0 Å². The highest BCUT2D eigenvalue weighted by molar-refractivity contribution is 6.01. The number of nitrogens with zero attached hydrogens (tertiary/aromatic N) is 1. The lowest BCUT2D eigenvalue weighted by atomic mass is 10.1. The van der Waals surface area contributed by atoms with Gasteiger partial charge in [0.1, 0.15) is 11.6 Å². The molecule has 82 valence electrons. The lowest BCUT2D eigenvalue weighted by Gasteiger charge is -2.00. The maximum Gasteiger partial charge on any atom is 0.275 e. The molecule has 0 saturated carbocycles. The Morgan fingerprint density at radius 3 is 2.62 bits per heavy atom. The molecule has 0 unspecified atom stereocenters. The molecule has 0 aliphatic heterocycles. The largest absolute Gasteiger partial charge is 0.504 e. The summed E-state index contributed by atoms with van der Waals surface area (Å²) in [5.41, 5.74) is 2.02. The molecule has 0 radical (unpaired) electrons. The first-order chi connectivity index (χ1) is 7.58. The van der Waals surface area contributed by atoms with Gasteiger partial charge in [0, 0.05) is 0 Å². The van der Waals surface area contributed by atoms with E-state index in [9.17, 15) is 9.90 Å². The Morgan fingerprint density at radius 2 is 2.12 bits per heavy atom. The van der Waals surface area contributed by atoms with E-state index in [1.807, 2.05) is 5.43 Å². The third kappa shape index (κ3) is 2.50. The van der Waals surface area contributed by atoms with Crippen LogP contribution in [-0.4, -0.2) is 16.1 Å². The van der Waals surface area contributed by atoms with Gasteiger partial charge in [-0.25, -0.2) is 5.84 Å². The molecule has 1 aromatic carbocycles. The number of phenolic OH excluding ortho intramolecular Hbond substituents is 2. The predicted octanol–water partition coefficient (Wildman–Crippen LogP) is -0.00532. The fourth-order valence-corrected chi connectivity index (χ4v) is 1.02. The minimum Gasteiger partial charge on any atom is -0.504 e. The van der Waals surface area contributed by atoms with E-state index < -0.39 is 5.91 Å². The topological polar surface area (TPSA) is 119 Å². The molecule has 5 N–H and O–H groups in total. The number of carbonyl (C=O) groups is 1. The highest BCUT2D eigenvalue weighted by Crippen LogP contribution is 2.25. The first-order valence-corrected chi connectivity index (χ1v) is 4.23. The number of amides is 1. The molecule has 6 heteroatoms. The van der Waals surface area contributed by atoms with Crippen molar-refractivity contribution in [1.29, 1.82) is 5.26 Å². The number of aromatic hydroxyl groups is 2. The predicted molar refractivity (Wildman–Crippen MR) is 55.7 cm³/mol. The van der Waals surface area contributed by atoms with Crippen molar-refractivity contribution in [3.05, 3.63) is 29.3 Å². The molecular formula is C10H9N3O3. The van der Waals surface area contributed by atoms with E-state index in [-0.39, 0.29) is 17.1 Å². The van der Waals surface area contributed by atoms with E-state index in [2.05, 4.69) is 0 Å². The Labute approximate surface area is 91.2 Å². The summed E-state index contributed by atoms with van der Waals surface area (Å²) in [4.78, 5) is 11.1. The van der Waals surface area contributed by atoms with Crippen LogP contribution in [0.4, 0.5) is 0 Å². The van der Waals surface area contributed by atoms with Crippen LogP contribution in [0.1, 0.15) is 5.56 Å². The van der Waals surface area contributed by atoms with Gasteiger partial charge in [-0.3, -0.25) is 10.2 Å². The average molecular weight is 219 g/mol. The molecule has 0 fully saturated rings. The molecular weight excluding hydrogens is 210 g/mol. The number of benzene rings is 1. The number of carbonyl (C=O) groups excluding carboxylic acids is 1. The summed E-state index contributed by atoms with van der Waals surface area (Å²) in [5.74, 6) is 3.54. The molecule has 0 atom stereocenters. The number of hydrogen-bond acceptors (Lipinski definition) is 5. The maximum absolute atomic E-state index is 11.1. The summed E-state index contributed by atoms with van der Waals surface area (Å²) in [6.45, 7) is 0. The minimum atomic E-state index is -0.727. The van der Waals surface area contributed by atoms with Crippen molar-refractivity contribution in [2.45, 2.75) is 0 Å². The molecule has 0 aromatic heterocycles. The summed E-state index contributed by atoms with van der Waals surface area (Å²) in [5, 5.41) is 26.9. The van der Waals surface area contributed by atoms with E-state index >= 15 is 0 Å². The van der Waals surface area contributed by atoms with Crippen molar-refractivity contribution in [3.8, 4) is 17.6 Å². The lowest BCUT2D eigenvalue weighted by Crippen LogP contribution is -2.30. The number of nitriles is 1. The Morgan fingerprint density at radius 1 is 1.44 bits per heavy atom. The standard InChI is InChI=1S/C10H9N3O3/c11-5-7(10(16)13-12)3-6-1-2-8(14)9(15)4-6/h1-4,14-15H,12H2,(H,13,16)/b7-3+. The van der Waals surface area contributed by atoms with Gasteiger partial charge in [0.2, 0.25) is 0 Å². The second kappa shape index (κ2) is 4.82. The SMILES string of the molecule is N#C/C(=C\c1ccc(O)c(O)c1)C(=O)NN. The van der Waals surface area contributed by atoms with Gasteiger partial charge in [-0.1, -0.05) is 6.07 Å². The molecule has 0 spiro atoms. The number of hydrogen-bond donors (Lipinski definition) is 4. The van der Waals surface area contributed by atoms with Crippen LogP contribution in [0.15, 0.2) is 23.8 Å². The number of nitrogens with one attached hydrogen (secondary N) is 1. The Hall–Kier alpha value is -2.52. The average Bonchev–Trinajstić information content (AvgIpc) is 2.29. The van der Waals surface area contributed by atoms with E-state index in [0.29, 0.717) is 5.56 Å². The first-order valence-electron chi connectivity index (χ1n) is 4.23. The fourth-order valence-electron chi connectivity index (χ4n) is 1.02. The molecule has 1 aromatic rings. The van der Waals surface area contributed by atoms with Crippen molar-refractivity contribution < 1.29 is 15.0 Å². The van der Waals surface area contributed by atoms with Crippen LogP contribution in [0.25, 0.3) is 6.08 Å². The number of nitrogens with two attached hydrogens (primary N) is 1. The van der Waals surface area contributed by atoms with Gasteiger partial charge in [-0.05, 0) is 23.8 Å². The van der Waals surface area contributed by atoms with Crippen LogP contribution in [0.5, 0.6) is 11.5 Å². The monoisotopic (exact) mass is 219 g/mol. The summed E-state index contributed by atoms with van der Waals surface area (Å²) in [6.07, 6.45) is 1.24. The molecule has 1 rings (SSSR count). The second-order valence-corrected chi connectivity index (χ2v) is 2.89. The number of phenols is 2. The van der Waals surface area contributed by atoms with Gasteiger partial charge in [-0.15, -0.1) is 0 Å². The quantitative estimate of drug-likeness (QED) is 0.139. The normalized spacial score (nSPS) is 10.6. The third-order valence-corrected chi connectivity index (χ3v) is 1.81. The Kier molecular flexibility index (Phi) is 3.48. The third-order valence-electron chi connectivity index (χ3n) is 1.81. The number of hydrazine groups is 1. The maximum atomic E-state index is 11.1. The van der Waals surface area contributed by atoms with Crippen LogP contribution >= 0.6 is 0 Å². The molecule has 1 amide bonds. The summed E-state index contributed by atoms with van der Waals surface area (Å²) < 4.78 is 0. The van der Waals surface area contributed by atoms with E-state index in [0.717, 1.165) is 0 Å². The summed E-state index contributed by atoms with van der Waals surface area (Å²) in [7, 11) is 0. The molecule has 0 heterocycles. The van der Waals surface area contributed by atoms with Gasteiger partial charge in [0.15, 0.2) is 11.5 Å². The molecule has 0 saturated heterocycles. The van der Waals surface area contributed by atoms with Gasteiger partial charge >= 0.3 is 0 Å². The van der Waals surface area contributed by atoms with Crippen LogP contribution in [0, 0.1) is 11.3 Å². The first kappa shape index (κ1) is 11.6. The van der Waals surface area contributed by atoms with Crippen LogP contribution < -0.4 is 11.3 Å². The van der Waals surface area contributed by atoms with Gasteiger partial charge in [-0.2, -0.15) is 5.26 Å². The fraction of sp³-hybridized carbons (Fsp3) is 0. The van der Waals surface area contributed by atoms with E-state index in [1.54, 1.807) is 6.07 Å². The molecule has 0 aliphatic carbocycles. The van der Waals surface area contributed by atoms with Crippen LogP contribution in [0.3, 0.4) is 0 Å². The van der Waals surface area contributed by atoms with Gasteiger partial charge in [0.25, 0.3) is 5.91 Å².